The van der Waals surface area contributed by atoms with Crippen LogP contribution in [0.4, 0.5) is 10.6 Å². The van der Waals surface area contributed by atoms with Crippen molar-refractivity contribution in [2.45, 2.75) is 52.9 Å². The molecule has 32 heavy (non-hydrogen) atoms. The molecule has 1 fully saturated rings. The Labute approximate surface area is 188 Å². The van der Waals surface area contributed by atoms with E-state index in [2.05, 4.69) is 9.88 Å². The Hall–Kier alpha value is -3.29. The number of rotatable bonds is 5. The number of hydrogen-bond acceptors (Lipinski definition) is 6. The van der Waals surface area contributed by atoms with Gasteiger partial charge in [0.15, 0.2) is 0 Å². The molecule has 1 atom stereocenters. The lowest BCUT2D eigenvalue weighted by molar-refractivity contribution is 0.0158. The first-order chi connectivity index (χ1) is 15.0. The van der Waals surface area contributed by atoms with Crippen LogP contribution in [0.1, 0.15) is 49.2 Å². The molecular weight excluding hydrogens is 410 g/mol. The van der Waals surface area contributed by atoms with E-state index in [1.54, 1.807) is 29.2 Å². The quantitative estimate of drug-likeness (QED) is 0.746. The van der Waals surface area contributed by atoms with Crippen LogP contribution in [-0.4, -0.2) is 58.3 Å². The average molecular weight is 442 g/mol. The van der Waals surface area contributed by atoms with E-state index in [0.29, 0.717) is 32.1 Å². The summed E-state index contributed by atoms with van der Waals surface area (Å²) in [5.41, 5.74) is 1.49. The largest absolute Gasteiger partial charge is 0.478 e. The highest BCUT2D eigenvalue weighted by atomic mass is 16.6. The second kappa shape index (κ2) is 9.46. The minimum Gasteiger partial charge on any atom is -0.478 e. The van der Waals surface area contributed by atoms with Crippen molar-refractivity contribution in [1.29, 1.82) is 0 Å². The van der Waals surface area contributed by atoms with Crippen molar-refractivity contribution in [2.75, 3.05) is 24.5 Å². The number of hydrogen-bond donors (Lipinski definition) is 1. The molecule has 1 aliphatic heterocycles. The van der Waals surface area contributed by atoms with Gasteiger partial charge in [0.05, 0.1) is 5.56 Å². The number of aromatic nitrogens is 1. The van der Waals surface area contributed by atoms with E-state index in [1.165, 1.54) is 0 Å². The first-order valence-corrected chi connectivity index (χ1v) is 10.7. The van der Waals surface area contributed by atoms with E-state index >= 15 is 0 Å². The average Bonchev–Trinajstić information content (AvgIpc) is 2.71. The predicted octanol–water partition coefficient (Wildman–Crippen LogP) is 4.11. The molecule has 1 aromatic carbocycles. The van der Waals surface area contributed by atoms with Crippen molar-refractivity contribution in [3.05, 3.63) is 53.1 Å². The standard InChI is InChI=1S/C24H31N3O5/c1-16-13-18(22(28)29)9-10-19(16)15-31-21-8-6-7-20(25-21)26-11-12-27(17(2)14-26)23(30)32-24(3,4)5/h6-10,13,17H,11-12,14-15H2,1-5H3,(H,28,29). The summed E-state index contributed by atoms with van der Waals surface area (Å²) in [6.07, 6.45) is -0.293. The number of aryl methyl sites for hydroxylation is 1. The third kappa shape index (κ3) is 5.90. The van der Waals surface area contributed by atoms with Gasteiger partial charge in [-0.2, -0.15) is 4.98 Å². The van der Waals surface area contributed by atoms with Gasteiger partial charge in [-0.3, -0.25) is 0 Å². The van der Waals surface area contributed by atoms with Crippen molar-refractivity contribution in [3.63, 3.8) is 0 Å². The SMILES string of the molecule is Cc1cc(C(=O)O)ccc1COc1cccc(N2CCN(C(=O)OC(C)(C)C)C(C)C2)n1. The molecule has 3 rings (SSSR count). The molecule has 1 amide bonds. The molecule has 2 heterocycles. The van der Waals surface area contributed by atoms with Crippen molar-refractivity contribution >= 4 is 17.9 Å². The lowest BCUT2D eigenvalue weighted by Crippen LogP contribution is -2.55. The Morgan fingerprint density at radius 3 is 2.56 bits per heavy atom. The molecule has 1 unspecified atom stereocenters. The van der Waals surface area contributed by atoms with Crippen LogP contribution in [0.25, 0.3) is 0 Å². The maximum absolute atomic E-state index is 12.4. The highest BCUT2D eigenvalue weighted by molar-refractivity contribution is 5.87. The summed E-state index contributed by atoms with van der Waals surface area (Å²) in [6.45, 7) is 11.6. The molecular formula is C24H31N3O5. The van der Waals surface area contributed by atoms with Crippen LogP contribution in [0.3, 0.4) is 0 Å². The molecule has 1 N–H and O–H groups in total. The van der Waals surface area contributed by atoms with Gasteiger partial charge >= 0.3 is 12.1 Å². The lowest BCUT2D eigenvalue weighted by atomic mass is 10.1. The van der Waals surface area contributed by atoms with Crippen LogP contribution in [0.5, 0.6) is 5.88 Å². The second-order valence-electron chi connectivity index (χ2n) is 9.04. The number of ether oxygens (including phenoxy) is 2. The second-order valence-corrected chi connectivity index (χ2v) is 9.04. The molecule has 0 saturated carbocycles. The number of anilines is 1. The van der Waals surface area contributed by atoms with Crippen molar-refractivity contribution < 1.29 is 24.2 Å². The summed E-state index contributed by atoms with van der Waals surface area (Å²) < 4.78 is 11.4. The summed E-state index contributed by atoms with van der Waals surface area (Å²) in [5, 5.41) is 9.10. The summed E-state index contributed by atoms with van der Waals surface area (Å²) in [7, 11) is 0. The van der Waals surface area contributed by atoms with Crippen LogP contribution < -0.4 is 9.64 Å². The number of aromatic carboxylic acids is 1. The first kappa shape index (κ1) is 23.4. The Kier molecular flexibility index (Phi) is 6.91. The van der Waals surface area contributed by atoms with E-state index in [0.717, 1.165) is 16.9 Å². The van der Waals surface area contributed by atoms with Crippen LogP contribution in [0, 0.1) is 6.92 Å². The zero-order chi connectivity index (χ0) is 23.5. The van der Waals surface area contributed by atoms with Crippen molar-refractivity contribution in [2.24, 2.45) is 0 Å². The number of carbonyl (C=O) groups is 2. The number of piperazine rings is 1. The first-order valence-electron chi connectivity index (χ1n) is 10.7. The van der Waals surface area contributed by atoms with E-state index in [1.807, 2.05) is 46.8 Å². The molecule has 0 radical (unpaired) electrons. The zero-order valence-corrected chi connectivity index (χ0v) is 19.3. The minimum absolute atomic E-state index is 0.0135. The maximum Gasteiger partial charge on any atom is 0.410 e. The molecule has 172 valence electrons. The fraction of sp³-hybridized carbons (Fsp3) is 0.458. The van der Waals surface area contributed by atoms with Crippen LogP contribution in [0.15, 0.2) is 36.4 Å². The number of carboxylic acid groups (broad SMARTS) is 1. The Bertz CT molecular complexity index is 986. The number of amides is 1. The monoisotopic (exact) mass is 441 g/mol. The number of carbonyl (C=O) groups excluding carboxylic acids is 1. The number of benzene rings is 1. The fourth-order valence-corrected chi connectivity index (χ4v) is 3.56. The van der Waals surface area contributed by atoms with Gasteiger partial charge in [-0.15, -0.1) is 0 Å². The van der Waals surface area contributed by atoms with Crippen molar-refractivity contribution in [3.8, 4) is 5.88 Å². The predicted molar refractivity (Wildman–Crippen MR) is 121 cm³/mol. The fourth-order valence-electron chi connectivity index (χ4n) is 3.56. The zero-order valence-electron chi connectivity index (χ0n) is 19.3. The summed E-state index contributed by atoms with van der Waals surface area (Å²) in [4.78, 5) is 32.1. The van der Waals surface area contributed by atoms with E-state index in [-0.39, 0.29) is 17.7 Å². The van der Waals surface area contributed by atoms with Crippen LogP contribution in [0.2, 0.25) is 0 Å². The Morgan fingerprint density at radius 2 is 1.94 bits per heavy atom. The van der Waals surface area contributed by atoms with Crippen molar-refractivity contribution in [1.82, 2.24) is 9.88 Å². The number of nitrogens with zero attached hydrogens (tertiary/aromatic N) is 3. The maximum atomic E-state index is 12.4. The molecule has 0 bridgehead atoms. The number of pyridine rings is 1. The van der Waals surface area contributed by atoms with E-state index in [9.17, 15) is 9.59 Å². The van der Waals surface area contributed by atoms with Gasteiger partial charge < -0.3 is 24.4 Å². The normalized spacial score (nSPS) is 16.6. The van der Waals surface area contributed by atoms with Gasteiger partial charge in [0, 0.05) is 31.7 Å². The smallest absolute Gasteiger partial charge is 0.410 e. The third-order valence-electron chi connectivity index (χ3n) is 5.25. The molecule has 0 spiro atoms. The van der Waals surface area contributed by atoms with Gasteiger partial charge in [-0.25, -0.2) is 9.59 Å². The topological polar surface area (TPSA) is 92.2 Å². The van der Waals surface area contributed by atoms with Crippen LogP contribution >= 0.6 is 0 Å². The van der Waals surface area contributed by atoms with Crippen LogP contribution in [-0.2, 0) is 11.3 Å². The molecule has 1 aromatic heterocycles. The van der Waals surface area contributed by atoms with Gasteiger partial charge in [0.2, 0.25) is 5.88 Å². The van der Waals surface area contributed by atoms with E-state index < -0.39 is 11.6 Å². The highest BCUT2D eigenvalue weighted by Gasteiger charge is 2.31. The summed E-state index contributed by atoms with van der Waals surface area (Å²) in [6, 6.07) is 10.6. The summed E-state index contributed by atoms with van der Waals surface area (Å²) in [5.74, 6) is 0.332. The van der Waals surface area contributed by atoms with Gasteiger partial charge in [0.1, 0.15) is 18.0 Å². The Balaban J connectivity index is 1.62. The van der Waals surface area contributed by atoms with Gasteiger partial charge in [-0.1, -0.05) is 12.1 Å². The highest BCUT2D eigenvalue weighted by Crippen LogP contribution is 2.22. The molecule has 2 aromatic rings. The minimum atomic E-state index is -0.948. The third-order valence-corrected chi connectivity index (χ3v) is 5.25. The molecule has 1 saturated heterocycles. The molecule has 8 heteroatoms. The summed E-state index contributed by atoms with van der Waals surface area (Å²) >= 11 is 0. The Morgan fingerprint density at radius 1 is 1.19 bits per heavy atom. The number of carboxylic acids is 1. The lowest BCUT2D eigenvalue weighted by Gasteiger charge is -2.40. The molecule has 1 aliphatic rings. The molecule has 8 nitrogen and oxygen atoms in total. The molecule has 0 aliphatic carbocycles. The van der Waals surface area contributed by atoms with Gasteiger partial charge in [0.25, 0.3) is 0 Å². The van der Waals surface area contributed by atoms with E-state index in [4.69, 9.17) is 14.6 Å². The van der Waals surface area contributed by atoms with Gasteiger partial charge in [-0.05, 0) is 63.9 Å².